The van der Waals surface area contributed by atoms with Crippen molar-refractivity contribution in [3.8, 4) is 0 Å². The van der Waals surface area contributed by atoms with Crippen LogP contribution in [0.1, 0.15) is 61.7 Å². The largest absolute Gasteiger partial charge is 0.465 e. The summed E-state index contributed by atoms with van der Waals surface area (Å²) in [4.78, 5) is 26.0. The van der Waals surface area contributed by atoms with E-state index in [1.54, 1.807) is 19.1 Å². The van der Waals surface area contributed by atoms with Gasteiger partial charge in [0.1, 0.15) is 6.54 Å². The zero-order valence-electron chi connectivity index (χ0n) is 21.4. The summed E-state index contributed by atoms with van der Waals surface area (Å²) in [5.74, 6) is -0.487. The Morgan fingerprint density at radius 2 is 1.70 bits per heavy atom. The highest BCUT2D eigenvalue weighted by Crippen LogP contribution is 2.38. The minimum Gasteiger partial charge on any atom is -0.465 e. The molecule has 2 aromatic rings. The van der Waals surface area contributed by atoms with Crippen molar-refractivity contribution in [2.75, 3.05) is 38.1 Å². The maximum atomic E-state index is 12.1. The van der Waals surface area contributed by atoms with Crippen molar-refractivity contribution in [2.24, 2.45) is 0 Å². The number of ether oxygens (including phenoxy) is 3. The monoisotopic (exact) mass is 511 g/mol. The fourth-order valence-electron chi connectivity index (χ4n) is 4.73. The van der Waals surface area contributed by atoms with E-state index in [1.807, 2.05) is 36.4 Å². The molecule has 4 rings (SSSR count). The molecule has 200 valence electrons. The average Bonchev–Trinajstić information content (AvgIpc) is 2.93. The summed E-state index contributed by atoms with van der Waals surface area (Å²) in [6, 6.07) is 14.7. The fraction of sp³-hybridized carbons (Fsp3) is 0.500. The number of hydrogen-bond acceptors (Lipinski definition) is 7. The fourth-order valence-corrected chi connectivity index (χ4v) is 4.73. The molecule has 2 fully saturated rings. The van der Waals surface area contributed by atoms with Crippen LogP contribution < -0.4 is 10.6 Å². The van der Waals surface area contributed by atoms with E-state index in [0.29, 0.717) is 5.69 Å². The van der Waals surface area contributed by atoms with Crippen LogP contribution >= 0.6 is 0 Å². The van der Waals surface area contributed by atoms with Crippen LogP contribution in [0, 0.1) is 0 Å². The van der Waals surface area contributed by atoms with Crippen molar-refractivity contribution >= 4 is 17.7 Å². The van der Waals surface area contributed by atoms with E-state index in [4.69, 9.17) is 14.2 Å². The Balaban J connectivity index is 1.42. The second-order valence-corrected chi connectivity index (χ2v) is 9.45. The molecule has 2 saturated heterocycles. The maximum absolute atomic E-state index is 12.1. The quantitative estimate of drug-likeness (QED) is 0.438. The summed E-state index contributed by atoms with van der Waals surface area (Å²) < 4.78 is 17.6. The molecular formula is C28H37N3O6. The van der Waals surface area contributed by atoms with Gasteiger partial charge in [0.15, 0.2) is 6.29 Å². The third kappa shape index (κ3) is 8.00. The standard InChI is InChI=1S/C28H37N3O6/c1-2-35-26(33)17-29-28(34)30-23-12-10-22(11-13-23)27-36-24(18-31-14-4-3-5-15-31)16-25(37-27)21-8-6-20(19-32)7-9-21/h6-13,24-25,27,32H,2-5,14-19H2,1H3,(H2,29,30,34). The summed E-state index contributed by atoms with van der Waals surface area (Å²) >= 11 is 0. The number of rotatable bonds is 9. The highest BCUT2D eigenvalue weighted by atomic mass is 16.7. The van der Waals surface area contributed by atoms with E-state index >= 15 is 0 Å². The summed E-state index contributed by atoms with van der Waals surface area (Å²) in [6.45, 7) is 4.86. The molecular weight excluding hydrogens is 474 g/mol. The number of carbonyl (C=O) groups excluding carboxylic acids is 2. The number of carbonyl (C=O) groups is 2. The third-order valence-corrected chi connectivity index (χ3v) is 6.66. The summed E-state index contributed by atoms with van der Waals surface area (Å²) in [7, 11) is 0. The number of hydrogen-bond donors (Lipinski definition) is 3. The van der Waals surface area contributed by atoms with Crippen molar-refractivity contribution in [3.05, 3.63) is 65.2 Å². The lowest BCUT2D eigenvalue weighted by molar-refractivity contribution is -0.253. The Morgan fingerprint density at radius 3 is 2.38 bits per heavy atom. The number of esters is 1. The van der Waals surface area contributed by atoms with Gasteiger partial charge in [0.05, 0.1) is 25.4 Å². The summed E-state index contributed by atoms with van der Waals surface area (Å²) in [5, 5.41) is 14.6. The van der Waals surface area contributed by atoms with Crippen LogP contribution in [0.2, 0.25) is 0 Å². The number of aliphatic hydroxyl groups is 1. The SMILES string of the molecule is CCOC(=O)CNC(=O)Nc1ccc(C2OC(CN3CCCCC3)CC(c3ccc(CO)cc3)O2)cc1. The Hall–Kier alpha value is -2.98. The zero-order chi connectivity index (χ0) is 26.0. The second kappa shape index (κ2) is 13.5. The normalized spacial score (nSPS) is 22.3. The number of aliphatic hydroxyl groups excluding tert-OH is 1. The van der Waals surface area contributed by atoms with Gasteiger partial charge in [-0.05, 0) is 56.1 Å². The van der Waals surface area contributed by atoms with Gasteiger partial charge in [-0.3, -0.25) is 4.79 Å². The third-order valence-electron chi connectivity index (χ3n) is 6.66. The predicted octanol–water partition coefficient (Wildman–Crippen LogP) is 3.89. The molecule has 9 heteroatoms. The molecule has 3 N–H and O–H groups in total. The molecule has 0 radical (unpaired) electrons. The van der Waals surface area contributed by atoms with Crippen LogP contribution in [0.3, 0.4) is 0 Å². The molecule has 3 atom stereocenters. The molecule has 2 heterocycles. The minimum atomic E-state index is -0.544. The topological polar surface area (TPSA) is 109 Å². The van der Waals surface area contributed by atoms with Crippen molar-refractivity contribution < 1.29 is 28.9 Å². The first-order valence-electron chi connectivity index (χ1n) is 13.1. The molecule has 37 heavy (non-hydrogen) atoms. The second-order valence-electron chi connectivity index (χ2n) is 9.45. The van der Waals surface area contributed by atoms with Crippen molar-refractivity contribution in [3.63, 3.8) is 0 Å². The van der Waals surface area contributed by atoms with Gasteiger partial charge in [0.25, 0.3) is 0 Å². The zero-order valence-corrected chi connectivity index (χ0v) is 21.4. The molecule has 2 aromatic carbocycles. The number of likely N-dealkylation sites (tertiary alicyclic amines) is 1. The van der Waals surface area contributed by atoms with Crippen LogP contribution in [-0.2, 0) is 25.6 Å². The molecule has 0 aliphatic carbocycles. The van der Waals surface area contributed by atoms with Gasteiger partial charge >= 0.3 is 12.0 Å². The van der Waals surface area contributed by atoms with Crippen LogP contribution in [0.5, 0.6) is 0 Å². The lowest BCUT2D eigenvalue weighted by atomic mass is 9.99. The predicted molar refractivity (Wildman–Crippen MR) is 139 cm³/mol. The van der Waals surface area contributed by atoms with Crippen LogP contribution in [0.25, 0.3) is 0 Å². The van der Waals surface area contributed by atoms with E-state index in [9.17, 15) is 14.7 Å². The summed E-state index contributed by atoms with van der Waals surface area (Å²) in [6.07, 6.45) is 3.83. The summed E-state index contributed by atoms with van der Waals surface area (Å²) in [5.41, 5.74) is 3.37. The van der Waals surface area contributed by atoms with Crippen LogP contribution in [-0.4, -0.2) is 60.9 Å². The number of benzene rings is 2. The first-order valence-corrected chi connectivity index (χ1v) is 13.1. The maximum Gasteiger partial charge on any atom is 0.325 e. The highest BCUT2D eigenvalue weighted by molar-refractivity contribution is 5.91. The first-order chi connectivity index (χ1) is 18.0. The molecule has 2 amide bonds. The molecule has 0 saturated carbocycles. The van der Waals surface area contributed by atoms with E-state index < -0.39 is 18.3 Å². The lowest BCUT2D eigenvalue weighted by Crippen LogP contribution is -2.41. The Labute approximate surface area is 218 Å². The Kier molecular flexibility index (Phi) is 9.90. The van der Waals surface area contributed by atoms with Gasteiger partial charge in [-0.25, -0.2) is 4.79 Å². The molecule has 2 aliphatic heterocycles. The molecule has 0 bridgehead atoms. The van der Waals surface area contributed by atoms with E-state index in [0.717, 1.165) is 42.7 Å². The minimum absolute atomic E-state index is 0.0103. The van der Waals surface area contributed by atoms with Crippen molar-refractivity contribution in [1.82, 2.24) is 10.2 Å². The van der Waals surface area contributed by atoms with Gasteiger partial charge in [-0.15, -0.1) is 0 Å². The first kappa shape index (κ1) is 27.1. The van der Waals surface area contributed by atoms with Gasteiger partial charge in [-0.2, -0.15) is 0 Å². The molecule has 0 aromatic heterocycles. The Morgan fingerprint density at radius 1 is 1.00 bits per heavy atom. The van der Waals surface area contributed by atoms with Crippen LogP contribution in [0.15, 0.2) is 48.5 Å². The number of nitrogens with zero attached hydrogens (tertiary/aromatic N) is 1. The number of urea groups is 1. The number of amides is 2. The molecule has 2 aliphatic rings. The lowest BCUT2D eigenvalue weighted by Gasteiger charge is -2.39. The van der Waals surface area contributed by atoms with Gasteiger partial charge in [0.2, 0.25) is 0 Å². The van der Waals surface area contributed by atoms with E-state index in [2.05, 4.69) is 15.5 Å². The Bertz CT molecular complexity index is 1010. The van der Waals surface area contributed by atoms with Gasteiger partial charge in [-0.1, -0.05) is 42.8 Å². The van der Waals surface area contributed by atoms with Gasteiger partial charge in [0, 0.05) is 24.2 Å². The highest BCUT2D eigenvalue weighted by Gasteiger charge is 2.33. The van der Waals surface area contributed by atoms with Gasteiger partial charge < -0.3 is 34.9 Å². The van der Waals surface area contributed by atoms with Crippen molar-refractivity contribution in [2.45, 2.75) is 57.7 Å². The molecule has 9 nitrogen and oxygen atoms in total. The van der Waals surface area contributed by atoms with E-state index in [1.165, 1.54) is 19.3 Å². The number of piperidine rings is 1. The number of anilines is 1. The smallest absolute Gasteiger partial charge is 0.325 e. The average molecular weight is 512 g/mol. The van der Waals surface area contributed by atoms with E-state index in [-0.39, 0.29) is 32.0 Å². The van der Waals surface area contributed by atoms with Crippen LogP contribution in [0.4, 0.5) is 10.5 Å². The number of nitrogens with one attached hydrogen (secondary N) is 2. The van der Waals surface area contributed by atoms with Crippen molar-refractivity contribution in [1.29, 1.82) is 0 Å². The molecule has 3 unspecified atom stereocenters. The molecule has 0 spiro atoms.